The molecular formula is C14H12Cl2N4O4S. The predicted molar refractivity (Wildman–Crippen MR) is 95.5 cm³/mol. The highest BCUT2D eigenvalue weighted by atomic mass is 35.5. The van der Waals surface area contributed by atoms with Gasteiger partial charge in [-0.05, 0) is 24.6 Å². The normalized spacial score (nSPS) is 16.5. The van der Waals surface area contributed by atoms with E-state index in [0.29, 0.717) is 15.7 Å². The van der Waals surface area contributed by atoms with Crippen LogP contribution in [0.15, 0.2) is 33.4 Å². The molecule has 0 radical (unpaired) electrons. The summed E-state index contributed by atoms with van der Waals surface area (Å²) in [5.74, 6) is -2.00. The van der Waals surface area contributed by atoms with Crippen molar-refractivity contribution in [3.05, 3.63) is 28.2 Å². The van der Waals surface area contributed by atoms with Gasteiger partial charge in [0.1, 0.15) is 0 Å². The Balaban J connectivity index is 1.84. The van der Waals surface area contributed by atoms with Crippen LogP contribution in [-0.2, 0) is 14.4 Å². The minimum Gasteiger partial charge on any atom is -0.481 e. The molecule has 0 bridgehead atoms. The van der Waals surface area contributed by atoms with Gasteiger partial charge in [0.25, 0.3) is 5.91 Å². The highest BCUT2D eigenvalue weighted by Gasteiger charge is 2.23. The number of amidine groups is 1. The molecule has 0 saturated heterocycles. The molecule has 1 aromatic carbocycles. The van der Waals surface area contributed by atoms with Gasteiger partial charge in [0, 0.05) is 22.2 Å². The van der Waals surface area contributed by atoms with Gasteiger partial charge in [-0.1, -0.05) is 35.0 Å². The molecule has 132 valence electrons. The number of amides is 2. The molecule has 2 rings (SSSR count). The highest BCUT2D eigenvalue weighted by Crippen LogP contribution is 2.23. The molecule has 1 heterocycles. The van der Waals surface area contributed by atoms with Gasteiger partial charge in [0.2, 0.25) is 11.1 Å². The molecule has 2 N–H and O–H groups in total. The van der Waals surface area contributed by atoms with Crippen molar-refractivity contribution in [3.63, 3.8) is 0 Å². The fourth-order valence-electron chi connectivity index (χ4n) is 1.82. The van der Waals surface area contributed by atoms with Gasteiger partial charge >= 0.3 is 5.97 Å². The number of halogens is 2. The molecule has 1 aliphatic heterocycles. The van der Waals surface area contributed by atoms with E-state index in [0.717, 1.165) is 11.8 Å². The number of aliphatic imine (C=N–C) groups is 1. The average molecular weight is 403 g/mol. The first-order valence-corrected chi connectivity index (χ1v) is 8.71. The summed E-state index contributed by atoms with van der Waals surface area (Å²) in [5.41, 5.74) is 0.445. The van der Waals surface area contributed by atoms with Crippen molar-refractivity contribution < 1.29 is 19.5 Å². The molecular weight excluding hydrogens is 391 g/mol. The predicted octanol–water partition coefficient (Wildman–Crippen LogP) is 3.25. The lowest BCUT2D eigenvalue weighted by Crippen LogP contribution is -2.22. The summed E-state index contributed by atoms with van der Waals surface area (Å²) < 4.78 is 0. The van der Waals surface area contributed by atoms with E-state index in [1.54, 1.807) is 12.1 Å². The van der Waals surface area contributed by atoms with Crippen molar-refractivity contribution in [2.75, 3.05) is 11.1 Å². The number of carboxylic acid groups (broad SMARTS) is 1. The van der Waals surface area contributed by atoms with Gasteiger partial charge in [0.05, 0.1) is 5.75 Å². The Morgan fingerprint density at radius 2 is 1.92 bits per heavy atom. The third-order valence-electron chi connectivity index (χ3n) is 2.88. The Kier molecular flexibility index (Phi) is 6.91. The third-order valence-corrected chi connectivity index (χ3v) is 4.16. The molecule has 1 atom stereocenters. The van der Waals surface area contributed by atoms with Gasteiger partial charge in [-0.3, -0.25) is 14.4 Å². The Hall–Kier alpha value is -1.97. The number of hydrogen-bond acceptors (Lipinski definition) is 6. The fraction of sp³-hybridized carbons (Fsp3) is 0.286. The number of azo groups is 1. The van der Waals surface area contributed by atoms with E-state index >= 15 is 0 Å². The van der Waals surface area contributed by atoms with Gasteiger partial charge in [0.15, 0.2) is 6.04 Å². The van der Waals surface area contributed by atoms with Crippen LogP contribution in [-0.4, -0.2) is 39.9 Å². The maximum absolute atomic E-state index is 11.9. The molecule has 11 heteroatoms. The summed E-state index contributed by atoms with van der Waals surface area (Å²) in [6.45, 7) is 0. The largest absolute Gasteiger partial charge is 0.481 e. The van der Waals surface area contributed by atoms with Crippen LogP contribution in [0, 0.1) is 0 Å². The number of benzene rings is 1. The lowest BCUT2D eigenvalue weighted by Gasteiger charge is -2.11. The standard InChI is InChI=1S/C14H12Cl2N4O4S/c15-7-3-8(16)5-9(4-7)17-11(21)6-25-14-18-13(24)10(19-20-14)1-2-12(22)23/h3-5,10H,1-2,6H2,(H,17,21)(H,22,23). The maximum atomic E-state index is 11.9. The smallest absolute Gasteiger partial charge is 0.303 e. The van der Waals surface area contributed by atoms with Gasteiger partial charge in [-0.15, -0.1) is 5.11 Å². The summed E-state index contributed by atoms with van der Waals surface area (Å²) in [4.78, 5) is 37.9. The first kappa shape index (κ1) is 19.4. The monoisotopic (exact) mass is 402 g/mol. The zero-order valence-electron chi connectivity index (χ0n) is 12.6. The Bertz CT molecular complexity index is 749. The molecule has 0 fully saturated rings. The summed E-state index contributed by atoms with van der Waals surface area (Å²) in [7, 11) is 0. The highest BCUT2D eigenvalue weighted by molar-refractivity contribution is 8.14. The van der Waals surface area contributed by atoms with Crippen LogP contribution >= 0.6 is 35.0 Å². The number of nitrogens with one attached hydrogen (secondary N) is 1. The van der Waals surface area contributed by atoms with Crippen LogP contribution in [0.25, 0.3) is 0 Å². The zero-order chi connectivity index (χ0) is 18.4. The Morgan fingerprint density at radius 3 is 2.52 bits per heavy atom. The molecule has 2 amide bonds. The first-order chi connectivity index (χ1) is 11.8. The van der Waals surface area contributed by atoms with E-state index in [9.17, 15) is 14.4 Å². The minimum atomic E-state index is -1.02. The van der Waals surface area contributed by atoms with Crippen LogP contribution in [0.5, 0.6) is 0 Å². The van der Waals surface area contributed by atoms with E-state index in [2.05, 4.69) is 20.5 Å². The van der Waals surface area contributed by atoms with E-state index in [-0.39, 0.29) is 29.7 Å². The van der Waals surface area contributed by atoms with Gasteiger partial charge < -0.3 is 10.4 Å². The third kappa shape index (κ3) is 6.45. The van der Waals surface area contributed by atoms with Crippen molar-refractivity contribution in [1.29, 1.82) is 0 Å². The summed E-state index contributed by atoms with van der Waals surface area (Å²) in [6, 6.07) is 3.74. The molecule has 1 unspecified atom stereocenters. The molecule has 1 aliphatic rings. The van der Waals surface area contributed by atoms with Crippen molar-refractivity contribution in [2.24, 2.45) is 15.2 Å². The fourth-order valence-corrected chi connectivity index (χ4v) is 2.93. The molecule has 0 spiro atoms. The Labute approximate surface area is 156 Å². The molecule has 1 aromatic rings. The van der Waals surface area contributed by atoms with Crippen molar-refractivity contribution in [3.8, 4) is 0 Å². The minimum absolute atomic E-state index is 0.0368. The second kappa shape index (κ2) is 8.93. The van der Waals surface area contributed by atoms with E-state index < -0.39 is 17.9 Å². The number of nitrogens with zero attached hydrogens (tertiary/aromatic N) is 3. The average Bonchev–Trinajstić information content (AvgIpc) is 2.50. The summed E-state index contributed by atoms with van der Waals surface area (Å²) in [5, 5.41) is 19.5. The maximum Gasteiger partial charge on any atom is 0.303 e. The van der Waals surface area contributed by atoms with Crippen molar-refractivity contribution in [2.45, 2.75) is 18.9 Å². The van der Waals surface area contributed by atoms with Crippen LogP contribution < -0.4 is 5.32 Å². The second-order valence-corrected chi connectivity index (χ2v) is 6.71. The van der Waals surface area contributed by atoms with Gasteiger partial charge in [-0.25, -0.2) is 0 Å². The number of aliphatic carboxylic acids is 1. The SMILES string of the molecule is O=C(O)CCC1N=NC(SCC(=O)Nc2cc(Cl)cc(Cl)c2)=NC1=O. The molecule has 0 aromatic heterocycles. The van der Waals surface area contributed by atoms with Crippen LogP contribution in [0.4, 0.5) is 5.69 Å². The van der Waals surface area contributed by atoms with E-state index in [4.69, 9.17) is 28.3 Å². The first-order valence-electron chi connectivity index (χ1n) is 6.97. The van der Waals surface area contributed by atoms with Crippen LogP contribution in [0.3, 0.4) is 0 Å². The van der Waals surface area contributed by atoms with Gasteiger partial charge in [-0.2, -0.15) is 10.1 Å². The molecule has 0 aliphatic carbocycles. The van der Waals surface area contributed by atoms with Crippen LogP contribution in [0.1, 0.15) is 12.8 Å². The second-order valence-electron chi connectivity index (χ2n) is 4.89. The van der Waals surface area contributed by atoms with Crippen LogP contribution in [0.2, 0.25) is 10.0 Å². The Morgan fingerprint density at radius 1 is 1.24 bits per heavy atom. The number of thioether (sulfide) groups is 1. The van der Waals surface area contributed by atoms with E-state index in [1.807, 2.05) is 0 Å². The van der Waals surface area contributed by atoms with E-state index in [1.165, 1.54) is 6.07 Å². The number of carbonyl (C=O) groups excluding carboxylic acids is 2. The number of carbonyl (C=O) groups is 3. The van der Waals surface area contributed by atoms with Crippen molar-refractivity contribution in [1.82, 2.24) is 0 Å². The number of carboxylic acids is 1. The molecule has 8 nitrogen and oxygen atoms in total. The molecule has 0 saturated carbocycles. The lowest BCUT2D eigenvalue weighted by atomic mass is 10.1. The number of rotatable bonds is 6. The topological polar surface area (TPSA) is 121 Å². The van der Waals surface area contributed by atoms with Crippen molar-refractivity contribution >= 4 is 63.6 Å². The molecule has 25 heavy (non-hydrogen) atoms. The number of anilines is 1. The number of hydrogen-bond donors (Lipinski definition) is 2. The summed E-state index contributed by atoms with van der Waals surface area (Å²) in [6.07, 6.45) is -0.160. The lowest BCUT2D eigenvalue weighted by molar-refractivity contribution is -0.137. The zero-order valence-corrected chi connectivity index (χ0v) is 14.9. The quantitative estimate of drug-likeness (QED) is 0.756. The summed E-state index contributed by atoms with van der Waals surface area (Å²) >= 11 is 12.6.